The van der Waals surface area contributed by atoms with Crippen LogP contribution in [0.2, 0.25) is 0 Å². The third-order valence-electron chi connectivity index (χ3n) is 5.72. The highest BCUT2D eigenvalue weighted by molar-refractivity contribution is 4.69. The van der Waals surface area contributed by atoms with E-state index in [1.807, 2.05) is 48.5 Å². The van der Waals surface area contributed by atoms with E-state index in [2.05, 4.69) is 0 Å². The summed E-state index contributed by atoms with van der Waals surface area (Å²) in [7, 11) is 0. The van der Waals surface area contributed by atoms with Gasteiger partial charge in [0.2, 0.25) is 0 Å². The van der Waals surface area contributed by atoms with Crippen molar-refractivity contribution in [2.75, 3.05) is 72.7 Å². The van der Waals surface area contributed by atoms with Crippen LogP contribution < -0.4 is 0 Å². The maximum absolute atomic E-state index is 5.88. The standard InChI is InChI=1S/C27H52O10/c1-19(8-28-15-26-17-36-26)29-9-20(2)30-10-21(3)31-11-22(4)32-12-23(5)33-13-24(6)34-14-25(7)35-16-27-18-37-27/h19-27H,8-18H2,1-7H3. The molecule has 9 unspecified atom stereocenters. The molecule has 37 heavy (non-hydrogen) atoms. The fourth-order valence-electron chi connectivity index (χ4n) is 3.10. The molecule has 0 aromatic rings. The third kappa shape index (κ3) is 18.5. The van der Waals surface area contributed by atoms with Crippen molar-refractivity contribution in [1.82, 2.24) is 0 Å². The van der Waals surface area contributed by atoms with E-state index in [-0.39, 0.29) is 54.9 Å². The zero-order valence-electron chi connectivity index (χ0n) is 24.1. The van der Waals surface area contributed by atoms with Gasteiger partial charge in [-0.05, 0) is 48.5 Å². The van der Waals surface area contributed by atoms with Gasteiger partial charge in [-0.25, -0.2) is 0 Å². The van der Waals surface area contributed by atoms with Crippen molar-refractivity contribution in [3.63, 3.8) is 0 Å². The molecule has 10 nitrogen and oxygen atoms in total. The van der Waals surface area contributed by atoms with Crippen LogP contribution in [-0.4, -0.2) is 128 Å². The van der Waals surface area contributed by atoms with Crippen molar-refractivity contribution in [3.8, 4) is 0 Å². The first-order chi connectivity index (χ1) is 17.7. The molecule has 9 atom stereocenters. The SMILES string of the molecule is CC(COCC1CO1)OCC(C)OCC(C)OCC(C)OCC(C)OCC(C)OCC(C)OCC1CO1. The summed E-state index contributed by atoms with van der Waals surface area (Å²) in [5, 5.41) is 0. The largest absolute Gasteiger partial charge is 0.376 e. The average molecular weight is 537 g/mol. The molecule has 0 spiro atoms. The molecule has 0 aromatic carbocycles. The van der Waals surface area contributed by atoms with Crippen molar-refractivity contribution in [2.24, 2.45) is 0 Å². The minimum atomic E-state index is -0.0433. The highest BCUT2D eigenvalue weighted by atomic mass is 16.6. The molecular formula is C27H52O10. The second-order valence-corrected chi connectivity index (χ2v) is 10.5. The Morgan fingerprint density at radius 3 is 1.03 bits per heavy atom. The van der Waals surface area contributed by atoms with Gasteiger partial charge in [0.25, 0.3) is 0 Å². The Labute approximate surface area is 223 Å². The predicted molar refractivity (Wildman–Crippen MR) is 138 cm³/mol. The van der Waals surface area contributed by atoms with Crippen LogP contribution in [0.1, 0.15) is 48.5 Å². The monoisotopic (exact) mass is 536 g/mol. The maximum atomic E-state index is 5.88. The summed E-state index contributed by atoms with van der Waals surface area (Å²) >= 11 is 0. The minimum Gasteiger partial charge on any atom is -0.376 e. The van der Waals surface area contributed by atoms with Gasteiger partial charge in [-0.15, -0.1) is 0 Å². The molecule has 2 fully saturated rings. The number of hydrogen-bond donors (Lipinski definition) is 0. The molecule has 0 aliphatic carbocycles. The van der Waals surface area contributed by atoms with E-state index < -0.39 is 0 Å². The summed E-state index contributed by atoms with van der Waals surface area (Å²) in [5.74, 6) is 0. The molecule has 2 saturated heterocycles. The van der Waals surface area contributed by atoms with E-state index in [1.54, 1.807) is 0 Å². The summed E-state index contributed by atoms with van der Waals surface area (Å²) in [6.07, 6.45) is 0.461. The van der Waals surface area contributed by atoms with Crippen LogP contribution in [0.15, 0.2) is 0 Å². The van der Waals surface area contributed by atoms with Gasteiger partial charge in [0.1, 0.15) is 12.2 Å². The lowest BCUT2D eigenvalue weighted by atomic mass is 10.3. The smallest absolute Gasteiger partial charge is 0.104 e. The Hall–Kier alpha value is -0.400. The first kappa shape index (κ1) is 32.8. The molecule has 2 aliphatic rings. The van der Waals surface area contributed by atoms with Gasteiger partial charge in [-0.1, -0.05) is 0 Å². The molecule has 2 rings (SSSR count). The first-order valence-corrected chi connectivity index (χ1v) is 13.8. The zero-order valence-corrected chi connectivity index (χ0v) is 24.1. The molecule has 0 saturated carbocycles. The second kappa shape index (κ2) is 18.8. The van der Waals surface area contributed by atoms with Crippen LogP contribution in [0.4, 0.5) is 0 Å². The molecule has 2 aliphatic heterocycles. The molecule has 2 heterocycles. The molecule has 0 aromatic heterocycles. The van der Waals surface area contributed by atoms with Crippen molar-refractivity contribution in [1.29, 1.82) is 0 Å². The van der Waals surface area contributed by atoms with Crippen LogP contribution in [0.5, 0.6) is 0 Å². The normalized spacial score (nSPS) is 24.7. The predicted octanol–water partition coefficient (Wildman–Crippen LogP) is 2.64. The van der Waals surface area contributed by atoms with E-state index in [9.17, 15) is 0 Å². The average Bonchev–Trinajstić information content (AvgIpc) is 3.80. The summed E-state index contributed by atoms with van der Waals surface area (Å²) < 4.78 is 56.6. The quantitative estimate of drug-likeness (QED) is 0.162. The topological polar surface area (TPSA) is 98.9 Å². The van der Waals surface area contributed by atoms with Crippen molar-refractivity contribution in [2.45, 2.75) is 103 Å². The van der Waals surface area contributed by atoms with Gasteiger partial charge in [0.15, 0.2) is 0 Å². The van der Waals surface area contributed by atoms with Gasteiger partial charge in [-0.2, -0.15) is 0 Å². The number of epoxide rings is 2. The molecule has 10 heteroatoms. The maximum Gasteiger partial charge on any atom is 0.104 e. The van der Waals surface area contributed by atoms with Gasteiger partial charge < -0.3 is 47.4 Å². The molecule has 220 valence electrons. The second-order valence-electron chi connectivity index (χ2n) is 10.5. The zero-order chi connectivity index (χ0) is 27.0. The third-order valence-corrected chi connectivity index (χ3v) is 5.72. The van der Waals surface area contributed by atoms with Crippen LogP contribution in [-0.2, 0) is 47.4 Å². The summed E-state index contributed by atoms with van der Waals surface area (Å²) in [6.45, 7) is 20.5. The van der Waals surface area contributed by atoms with E-state index in [4.69, 9.17) is 47.4 Å². The summed E-state index contributed by atoms with van der Waals surface area (Å²) in [5.41, 5.74) is 0. The van der Waals surface area contributed by atoms with Gasteiger partial charge in [0.05, 0.1) is 115 Å². The minimum absolute atomic E-state index is 0.0148. The van der Waals surface area contributed by atoms with E-state index in [1.165, 1.54) is 0 Å². The van der Waals surface area contributed by atoms with Gasteiger partial charge in [0, 0.05) is 0 Å². The lowest BCUT2D eigenvalue weighted by Gasteiger charge is -2.23. The number of hydrogen-bond acceptors (Lipinski definition) is 10. The Morgan fingerprint density at radius 2 is 0.703 bits per heavy atom. The molecule has 0 radical (unpaired) electrons. The van der Waals surface area contributed by atoms with Crippen molar-refractivity contribution >= 4 is 0 Å². The van der Waals surface area contributed by atoms with Crippen LogP contribution >= 0.6 is 0 Å². The van der Waals surface area contributed by atoms with Crippen LogP contribution in [0.3, 0.4) is 0 Å². The Kier molecular flexibility index (Phi) is 16.7. The summed E-state index contributed by atoms with van der Waals surface area (Å²) in [6, 6.07) is 0. The highest BCUT2D eigenvalue weighted by Crippen LogP contribution is 2.11. The number of ether oxygens (including phenoxy) is 10. The van der Waals surface area contributed by atoms with Crippen molar-refractivity contribution < 1.29 is 47.4 Å². The van der Waals surface area contributed by atoms with Crippen molar-refractivity contribution in [3.05, 3.63) is 0 Å². The molecular weight excluding hydrogens is 484 g/mol. The summed E-state index contributed by atoms with van der Waals surface area (Å²) in [4.78, 5) is 0. The molecule has 0 bridgehead atoms. The van der Waals surface area contributed by atoms with E-state index in [0.717, 1.165) is 13.2 Å². The van der Waals surface area contributed by atoms with Crippen LogP contribution in [0, 0.1) is 0 Å². The van der Waals surface area contributed by atoms with Gasteiger partial charge in [-0.3, -0.25) is 0 Å². The Bertz CT molecular complexity index is 559. The molecule has 0 amide bonds. The highest BCUT2D eigenvalue weighted by Gasteiger charge is 2.24. The van der Waals surface area contributed by atoms with Crippen LogP contribution in [0.25, 0.3) is 0 Å². The van der Waals surface area contributed by atoms with E-state index >= 15 is 0 Å². The Morgan fingerprint density at radius 1 is 0.432 bits per heavy atom. The first-order valence-electron chi connectivity index (χ1n) is 13.8. The fourth-order valence-corrected chi connectivity index (χ4v) is 3.10. The number of rotatable bonds is 25. The molecule has 0 N–H and O–H groups in total. The van der Waals surface area contributed by atoms with Gasteiger partial charge >= 0.3 is 0 Å². The van der Waals surface area contributed by atoms with E-state index in [0.29, 0.717) is 59.5 Å². The Balaban J connectivity index is 1.40. The lowest BCUT2D eigenvalue weighted by molar-refractivity contribution is -0.107. The fraction of sp³-hybridized carbons (Fsp3) is 1.00. The lowest BCUT2D eigenvalue weighted by Crippen LogP contribution is -2.30.